The topological polar surface area (TPSA) is 303 Å². The molecule has 0 spiro atoms. The van der Waals surface area contributed by atoms with Gasteiger partial charge < -0.3 is 54.1 Å². The maximum Gasteiger partial charge on any atom is 0.490 e. The van der Waals surface area contributed by atoms with E-state index in [2.05, 4.69) is 47.9 Å². The van der Waals surface area contributed by atoms with Crippen LogP contribution in [-0.4, -0.2) is 99.6 Å². The van der Waals surface area contributed by atoms with Crippen molar-refractivity contribution in [3.8, 4) is 11.8 Å². The second kappa shape index (κ2) is 23.1. The highest BCUT2D eigenvalue weighted by molar-refractivity contribution is 8.77. The third kappa shape index (κ3) is 18.9. The molecular formula is C33H52N5O16P3S4. The highest BCUT2D eigenvalue weighted by Crippen LogP contribution is 2.66. The normalized spacial score (nSPS) is 22.6. The van der Waals surface area contributed by atoms with E-state index < -0.39 is 60.2 Å². The molecule has 2 aliphatic rings. The Hall–Kier alpha value is -1.52. The number of phosphoric acid groups is 3. The fourth-order valence-corrected chi connectivity index (χ4v) is 12.8. The molecule has 0 aromatic carbocycles. The summed E-state index contributed by atoms with van der Waals surface area (Å²) in [4.78, 5) is 69.7. The van der Waals surface area contributed by atoms with Gasteiger partial charge in [0.2, 0.25) is 5.95 Å². The Bertz CT molecular complexity index is 2100. The van der Waals surface area contributed by atoms with Gasteiger partial charge in [-0.15, -0.1) is 0 Å². The number of nitrogens with one attached hydrogen (secondary N) is 2. The number of H-pyrrole nitrogens is 1. The maximum absolute atomic E-state index is 13.1. The number of carbonyl (C=O) groups excluding carboxylic acids is 1. The van der Waals surface area contributed by atoms with Crippen LogP contribution in [0.3, 0.4) is 0 Å². The zero-order chi connectivity index (χ0) is 45.1. The van der Waals surface area contributed by atoms with E-state index in [1.54, 1.807) is 0 Å². The van der Waals surface area contributed by atoms with Crippen molar-refractivity contribution in [2.75, 3.05) is 37.4 Å². The second-order valence-electron chi connectivity index (χ2n) is 15.1. The molecule has 2 aromatic heterocycles. The summed E-state index contributed by atoms with van der Waals surface area (Å²) < 4.78 is 72.5. The molecule has 344 valence electrons. The largest absolute Gasteiger partial charge is 0.490 e. The average molecular weight is 996 g/mol. The molecular weight excluding hydrogens is 944 g/mol. The standard InChI is InChI=1S/C33H52N5O16P3S4/c1-32(2,3)60-59-21-49-24-16-26(52-25(24)18-50-56(44,45)54-57(46,47)53-55(41,42)43)38-17-22(27-28(38)36-30(34)37-29(27)39)12-11-15-48-20-58-61-33(4,5)19-35-31(40)51-23-13-9-7-6-8-10-14-23/h6-7,17,23-26H,8-10,13-16,18-21H2,1-5H3,(H,35,40)(H,44,45)(H,46,47)(H2,41,42,43)(H3,34,36,37,39)/b7-6+/t23?,24-,25-,26-/m1/s1. The van der Waals surface area contributed by atoms with E-state index in [1.807, 2.05) is 34.6 Å². The van der Waals surface area contributed by atoms with Crippen molar-refractivity contribution >= 4 is 89.7 Å². The minimum absolute atomic E-state index is 0.00484. The van der Waals surface area contributed by atoms with Gasteiger partial charge in [-0.1, -0.05) is 87.9 Å². The van der Waals surface area contributed by atoms with Gasteiger partial charge >= 0.3 is 29.6 Å². The number of carbonyl (C=O) groups is 1. The molecule has 21 nitrogen and oxygen atoms in total. The first-order valence-electron chi connectivity index (χ1n) is 18.6. The third-order valence-electron chi connectivity index (χ3n) is 8.11. The third-order valence-corrected chi connectivity index (χ3v) is 17.9. The number of fused-ring (bicyclic) bond motifs is 1. The summed E-state index contributed by atoms with van der Waals surface area (Å²) >= 11 is 0. The molecule has 1 aliphatic carbocycles. The summed E-state index contributed by atoms with van der Waals surface area (Å²) in [6.07, 6.45) is 6.99. The minimum atomic E-state index is -5.76. The number of nitrogens with two attached hydrogens (primary N) is 1. The molecule has 0 saturated carbocycles. The van der Waals surface area contributed by atoms with Crippen LogP contribution in [0.15, 0.2) is 23.1 Å². The lowest BCUT2D eigenvalue weighted by Crippen LogP contribution is -2.37. The predicted octanol–water partition coefficient (Wildman–Crippen LogP) is 6.56. The number of alkyl carbamates (subject to hydrolysis) is 1. The van der Waals surface area contributed by atoms with Crippen LogP contribution in [0.1, 0.15) is 84.9 Å². The Morgan fingerprint density at radius 2 is 1.77 bits per heavy atom. The van der Waals surface area contributed by atoms with E-state index in [0.717, 1.165) is 32.1 Å². The molecule has 8 N–H and O–H groups in total. The van der Waals surface area contributed by atoms with Crippen LogP contribution in [0, 0.1) is 11.8 Å². The van der Waals surface area contributed by atoms with Crippen LogP contribution >= 0.6 is 66.6 Å². The molecule has 1 aliphatic heterocycles. The molecule has 1 saturated heterocycles. The highest BCUT2D eigenvalue weighted by Gasteiger charge is 2.44. The van der Waals surface area contributed by atoms with E-state index >= 15 is 0 Å². The van der Waals surface area contributed by atoms with Gasteiger partial charge in [-0.2, -0.15) is 13.6 Å². The fraction of sp³-hybridized carbons (Fsp3) is 0.667. The number of hydrogen-bond acceptors (Lipinski definition) is 18. The summed E-state index contributed by atoms with van der Waals surface area (Å²) in [7, 11) is -10.9. The Morgan fingerprint density at radius 1 is 1.05 bits per heavy atom. The molecule has 0 radical (unpaired) electrons. The smallest absolute Gasteiger partial charge is 0.446 e. The van der Waals surface area contributed by atoms with Crippen LogP contribution in [0.25, 0.3) is 11.0 Å². The quantitative estimate of drug-likeness (QED) is 0.0184. The summed E-state index contributed by atoms with van der Waals surface area (Å²) in [6.45, 7) is 9.63. The molecule has 0 bridgehead atoms. The number of hydrogen-bond donors (Lipinski definition) is 7. The van der Waals surface area contributed by atoms with Gasteiger partial charge in [-0.25, -0.2) is 18.5 Å². The van der Waals surface area contributed by atoms with Gasteiger partial charge in [0.25, 0.3) is 5.56 Å². The summed E-state index contributed by atoms with van der Waals surface area (Å²) in [6, 6.07) is 0. The number of nitrogen functional groups attached to an aromatic ring is 1. The van der Waals surface area contributed by atoms with Gasteiger partial charge in [0.05, 0.1) is 23.7 Å². The van der Waals surface area contributed by atoms with Crippen molar-refractivity contribution in [2.45, 2.75) is 107 Å². The van der Waals surface area contributed by atoms with Crippen LogP contribution in [-0.2, 0) is 45.8 Å². The van der Waals surface area contributed by atoms with Crippen molar-refractivity contribution in [1.29, 1.82) is 0 Å². The second-order valence-corrected chi connectivity index (χ2v) is 25.5. The van der Waals surface area contributed by atoms with Gasteiger partial charge in [0.15, 0.2) is 5.65 Å². The van der Waals surface area contributed by atoms with Gasteiger partial charge in [-0.3, -0.25) is 14.3 Å². The highest BCUT2D eigenvalue weighted by atomic mass is 33.1. The monoisotopic (exact) mass is 995 g/mol. The van der Waals surface area contributed by atoms with Crippen molar-refractivity contribution < 1.29 is 70.2 Å². The van der Waals surface area contributed by atoms with E-state index in [1.165, 1.54) is 53.9 Å². The summed E-state index contributed by atoms with van der Waals surface area (Å²) in [5, 5.41) is 2.96. The number of nitrogens with zero attached hydrogens (tertiary/aromatic N) is 2. The molecule has 3 heterocycles. The molecule has 1 amide bonds. The number of amides is 1. The maximum atomic E-state index is 13.1. The molecule has 28 heteroatoms. The number of aromatic nitrogens is 3. The van der Waals surface area contributed by atoms with E-state index in [0.29, 0.717) is 6.54 Å². The lowest BCUT2D eigenvalue weighted by Gasteiger charge is -2.24. The van der Waals surface area contributed by atoms with Gasteiger partial charge in [-0.05, 0) is 46.0 Å². The SMILES string of the molecule is CC(C)(C)SSCO[C@@H]1C[C@H](n2cc(C#CCOCSSC(C)(C)CNC(=O)OC3CC/C=C/CCC3)c3c(=O)[nH]c(N)nc32)O[C@@H]1COP(=O)(O)OP(=O)(O)OP(=O)(O)O. The van der Waals surface area contributed by atoms with Gasteiger partial charge in [0, 0.05) is 28.7 Å². The Labute approximate surface area is 368 Å². The van der Waals surface area contributed by atoms with Crippen molar-refractivity contribution in [2.24, 2.45) is 0 Å². The van der Waals surface area contributed by atoms with Crippen LogP contribution in [0.5, 0.6) is 0 Å². The van der Waals surface area contributed by atoms with Crippen LogP contribution < -0.4 is 16.6 Å². The molecule has 3 unspecified atom stereocenters. The van der Waals surface area contributed by atoms with Crippen molar-refractivity contribution in [1.82, 2.24) is 19.9 Å². The van der Waals surface area contributed by atoms with E-state index in [9.17, 15) is 33.1 Å². The number of ether oxygens (including phenoxy) is 4. The first-order valence-corrected chi connectivity index (χ1v) is 27.8. The fourth-order valence-electron chi connectivity index (χ4n) is 5.66. The summed E-state index contributed by atoms with van der Waals surface area (Å²) in [5.41, 5.74) is 5.69. The lowest BCUT2D eigenvalue weighted by molar-refractivity contribution is -0.0520. The molecule has 1 fully saturated rings. The zero-order valence-corrected chi connectivity index (χ0v) is 39.9. The predicted molar refractivity (Wildman–Crippen MR) is 235 cm³/mol. The molecule has 4 rings (SSSR count). The molecule has 6 atom stereocenters. The van der Waals surface area contributed by atoms with Crippen molar-refractivity contribution in [3.05, 3.63) is 34.3 Å². The number of phosphoric ester groups is 1. The van der Waals surface area contributed by atoms with E-state index in [-0.39, 0.29) is 63.0 Å². The summed E-state index contributed by atoms with van der Waals surface area (Å²) in [5.74, 6) is 6.05. The number of rotatable bonds is 20. The first kappa shape index (κ1) is 52.1. The Morgan fingerprint density at radius 3 is 2.49 bits per heavy atom. The number of allylic oxidation sites excluding steroid dienone is 2. The lowest BCUT2D eigenvalue weighted by atomic mass is 10.0. The number of anilines is 1. The van der Waals surface area contributed by atoms with Gasteiger partial charge in [0.1, 0.15) is 36.9 Å². The Balaban J connectivity index is 1.38. The number of aromatic amines is 1. The molecule has 2 aromatic rings. The Kier molecular flexibility index (Phi) is 19.7. The van der Waals surface area contributed by atoms with Crippen molar-refractivity contribution in [3.63, 3.8) is 0 Å². The minimum Gasteiger partial charge on any atom is -0.446 e. The average Bonchev–Trinajstić information content (AvgIpc) is 3.68. The van der Waals surface area contributed by atoms with Crippen LogP contribution in [0.4, 0.5) is 10.7 Å². The zero-order valence-electron chi connectivity index (χ0n) is 34.0. The first-order chi connectivity index (χ1) is 28.4. The molecule has 61 heavy (non-hydrogen) atoms. The van der Waals surface area contributed by atoms with E-state index in [4.69, 9.17) is 39.0 Å². The van der Waals surface area contributed by atoms with Crippen LogP contribution in [0.2, 0.25) is 0 Å².